The van der Waals surface area contributed by atoms with E-state index in [9.17, 15) is 19.5 Å². The van der Waals surface area contributed by atoms with Gasteiger partial charge in [0, 0.05) is 0 Å². The van der Waals surface area contributed by atoms with E-state index in [2.05, 4.69) is 4.74 Å². The van der Waals surface area contributed by atoms with E-state index in [4.69, 9.17) is 9.84 Å². The summed E-state index contributed by atoms with van der Waals surface area (Å²) in [5.74, 6) is -2.75. The van der Waals surface area contributed by atoms with Crippen molar-refractivity contribution in [2.75, 3.05) is 7.11 Å². The van der Waals surface area contributed by atoms with Crippen LogP contribution in [-0.2, 0) is 19.1 Å². The number of esters is 1. The molecule has 18 heavy (non-hydrogen) atoms. The molecule has 0 aliphatic rings. The number of methoxy groups -OCH3 is 1. The molecule has 0 saturated heterocycles. The van der Waals surface area contributed by atoms with Crippen LogP contribution < -0.4 is 5.32 Å². The van der Waals surface area contributed by atoms with E-state index in [1.165, 1.54) is 0 Å². The zero-order valence-corrected chi connectivity index (χ0v) is 10.6. The highest BCUT2D eigenvalue weighted by atomic mass is 16.6. The Hall–Kier alpha value is -1.83. The van der Waals surface area contributed by atoms with E-state index in [1.54, 1.807) is 20.8 Å². The van der Waals surface area contributed by atoms with Crippen molar-refractivity contribution < 1.29 is 34.1 Å². The Labute approximate surface area is 104 Å². The molecule has 0 fully saturated rings. The zero-order chi connectivity index (χ0) is 14.5. The van der Waals surface area contributed by atoms with E-state index < -0.39 is 35.8 Å². The number of alkyl carbamates (subject to hydrolysis) is 1. The average molecular weight is 263 g/mol. The lowest BCUT2D eigenvalue weighted by Gasteiger charge is -2.23. The molecule has 0 spiro atoms. The molecule has 0 saturated carbocycles. The predicted molar refractivity (Wildman–Crippen MR) is 58.8 cm³/mol. The van der Waals surface area contributed by atoms with Gasteiger partial charge in [-0.2, -0.15) is 0 Å². The van der Waals surface area contributed by atoms with Crippen LogP contribution in [0, 0.1) is 0 Å². The molecule has 0 radical (unpaired) electrons. The van der Waals surface area contributed by atoms with Crippen molar-refractivity contribution in [3.8, 4) is 0 Å². The molecule has 3 N–H and O–H groups in total. The summed E-state index contributed by atoms with van der Waals surface area (Å²) in [4.78, 5) is 33.2. The van der Waals surface area contributed by atoms with Crippen molar-refractivity contribution in [3.63, 3.8) is 0 Å². The summed E-state index contributed by atoms with van der Waals surface area (Å²) >= 11 is 0. The maximum atomic E-state index is 11.3. The fourth-order valence-electron chi connectivity index (χ4n) is 0.967. The van der Waals surface area contributed by atoms with Gasteiger partial charge in [-0.3, -0.25) is 0 Å². The van der Waals surface area contributed by atoms with Gasteiger partial charge in [-0.1, -0.05) is 0 Å². The SMILES string of the molecule is COC(=O)[C@@H](O)[C@@H](NC(=O)OC(C)(C)C)C(=O)O. The second-order valence-corrected chi connectivity index (χ2v) is 4.43. The fourth-order valence-corrected chi connectivity index (χ4v) is 0.967. The Morgan fingerprint density at radius 3 is 2.06 bits per heavy atom. The highest BCUT2D eigenvalue weighted by Gasteiger charge is 2.35. The molecule has 1 amide bonds. The number of amides is 1. The average Bonchev–Trinajstić information content (AvgIpc) is 2.20. The van der Waals surface area contributed by atoms with E-state index in [1.807, 2.05) is 5.32 Å². The number of hydrogen-bond donors (Lipinski definition) is 3. The number of carboxylic acid groups (broad SMARTS) is 1. The van der Waals surface area contributed by atoms with E-state index in [0.717, 1.165) is 7.11 Å². The molecule has 0 aromatic rings. The van der Waals surface area contributed by atoms with E-state index >= 15 is 0 Å². The van der Waals surface area contributed by atoms with Crippen molar-refractivity contribution in [3.05, 3.63) is 0 Å². The predicted octanol–water partition coefficient (Wildman–Crippen LogP) is -0.502. The first kappa shape index (κ1) is 16.2. The lowest BCUT2D eigenvalue weighted by atomic mass is 10.1. The number of aliphatic carboxylic acids is 1. The maximum Gasteiger partial charge on any atom is 0.408 e. The largest absolute Gasteiger partial charge is 0.480 e. The molecule has 0 unspecified atom stereocenters. The minimum absolute atomic E-state index is 0.830. The molecule has 8 nitrogen and oxygen atoms in total. The molecule has 0 aliphatic carbocycles. The molecule has 0 heterocycles. The number of aliphatic hydroxyl groups is 1. The minimum atomic E-state index is -2.01. The molecule has 0 aromatic carbocycles. The van der Waals surface area contributed by atoms with E-state index in [0.29, 0.717) is 0 Å². The van der Waals surface area contributed by atoms with Gasteiger partial charge in [0.05, 0.1) is 7.11 Å². The van der Waals surface area contributed by atoms with Crippen LogP contribution in [-0.4, -0.2) is 53.1 Å². The summed E-state index contributed by atoms with van der Waals surface area (Å²) in [5, 5.41) is 20.0. The minimum Gasteiger partial charge on any atom is -0.480 e. The van der Waals surface area contributed by atoms with Crippen molar-refractivity contribution in [2.24, 2.45) is 0 Å². The van der Waals surface area contributed by atoms with Crippen LogP contribution in [0.3, 0.4) is 0 Å². The van der Waals surface area contributed by atoms with Crippen LogP contribution >= 0.6 is 0 Å². The number of carbonyl (C=O) groups excluding carboxylic acids is 2. The molecule has 0 aromatic heterocycles. The fraction of sp³-hybridized carbons (Fsp3) is 0.700. The summed E-state index contributed by atoms with van der Waals surface area (Å²) in [6.07, 6.45) is -3.07. The monoisotopic (exact) mass is 263 g/mol. The van der Waals surface area contributed by atoms with Gasteiger partial charge in [0.2, 0.25) is 0 Å². The van der Waals surface area contributed by atoms with Crippen molar-refractivity contribution in [2.45, 2.75) is 38.5 Å². The molecule has 0 aliphatic heterocycles. The second-order valence-electron chi connectivity index (χ2n) is 4.43. The number of rotatable bonds is 4. The summed E-state index contributed by atoms with van der Waals surface area (Å²) in [6.45, 7) is 4.75. The van der Waals surface area contributed by atoms with Gasteiger partial charge in [-0.15, -0.1) is 0 Å². The highest BCUT2D eigenvalue weighted by Crippen LogP contribution is 2.07. The number of carbonyl (C=O) groups is 3. The molecule has 0 rings (SSSR count). The first-order chi connectivity index (χ1) is 8.08. The number of ether oxygens (including phenoxy) is 2. The maximum absolute atomic E-state index is 11.3. The Morgan fingerprint density at radius 1 is 1.22 bits per heavy atom. The highest BCUT2D eigenvalue weighted by molar-refractivity contribution is 5.88. The topological polar surface area (TPSA) is 122 Å². The van der Waals surface area contributed by atoms with Crippen molar-refractivity contribution in [1.82, 2.24) is 5.32 Å². The number of nitrogens with one attached hydrogen (secondary N) is 1. The van der Waals surface area contributed by atoms with Crippen LogP contribution in [0.1, 0.15) is 20.8 Å². The van der Waals surface area contributed by atoms with Gasteiger partial charge in [0.15, 0.2) is 12.1 Å². The first-order valence-corrected chi connectivity index (χ1v) is 5.06. The third kappa shape index (κ3) is 5.48. The van der Waals surface area contributed by atoms with Crippen LogP contribution in [0.25, 0.3) is 0 Å². The Kier molecular flexibility index (Phi) is 5.57. The summed E-state index contributed by atoms with van der Waals surface area (Å²) in [6, 6.07) is -1.84. The first-order valence-electron chi connectivity index (χ1n) is 5.06. The van der Waals surface area contributed by atoms with Gasteiger partial charge < -0.3 is 25.0 Å². The lowest BCUT2D eigenvalue weighted by Crippen LogP contribution is -2.53. The summed E-state index contributed by atoms with van der Waals surface area (Å²) in [5.41, 5.74) is -0.830. The van der Waals surface area contributed by atoms with Gasteiger partial charge in [-0.25, -0.2) is 14.4 Å². The van der Waals surface area contributed by atoms with Crippen LogP contribution in [0.15, 0.2) is 0 Å². The third-order valence-corrected chi connectivity index (χ3v) is 1.70. The second kappa shape index (κ2) is 6.20. The summed E-state index contributed by atoms with van der Waals surface area (Å²) in [7, 11) is 0.984. The molecule has 2 atom stereocenters. The Balaban J connectivity index is 4.70. The normalized spacial score (nSPS) is 14.3. The van der Waals surface area contributed by atoms with Gasteiger partial charge >= 0.3 is 18.0 Å². The van der Waals surface area contributed by atoms with Crippen LogP contribution in [0.5, 0.6) is 0 Å². The van der Waals surface area contributed by atoms with Gasteiger partial charge in [-0.05, 0) is 20.8 Å². The van der Waals surface area contributed by atoms with Crippen molar-refractivity contribution >= 4 is 18.0 Å². The van der Waals surface area contributed by atoms with E-state index in [-0.39, 0.29) is 0 Å². The molecule has 8 heteroatoms. The lowest BCUT2D eigenvalue weighted by molar-refractivity contribution is -0.158. The number of carboxylic acids is 1. The molecule has 104 valence electrons. The Morgan fingerprint density at radius 2 is 1.72 bits per heavy atom. The smallest absolute Gasteiger partial charge is 0.408 e. The third-order valence-electron chi connectivity index (χ3n) is 1.70. The Bertz CT molecular complexity index is 334. The number of aliphatic hydroxyl groups excluding tert-OH is 1. The van der Waals surface area contributed by atoms with Gasteiger partial charge in [0.1, 0.15) is 5.60 Å². The molecular formula is C10H17NO7. The molecular weight excluding hydrogens is 246 g/mol. The van der Waals surface area contributed by atoms with Gasteiger partial charge in [0.25, 0.3) is 0 Å². The summed E-state index contributed by atoms with van der Waals surface area (Å²) < 4.78 is 8.99. The molecule has 0 bridgehead atoms. The van der Waals surface area contributed by atoms with Crippen molar-refractivity contribution in [1.29, 1.82) is 0 Å². The zero-order valence-electron chi connectivity index (χ0n) is 10.6. The van der Waals surface area contributed by atoms with Crippen LogP contribution in [0.2, 0.25) is 0 Å². The number of hydrogen-bond acceptors (Lipinski definition) is 6. The quantitative estimate of drug-likeness (QED) is 0.584. The van der Waals surface area contributed by atoms with Crippen LogP contribution in [0.4, 0.5) is 4.79 Å². The standard InChI is InChI=1S/C10H17NO7/c1-10(2,3)18-9(16)11-5(7(13)14)6(12)8(15)17-4/h5-6,12H,1-4H3,(H,11,16)(H,13,14)/t5-,6+/m1/s1.